The quantitative estimate of drug-likeness (QED) is 0.805. The van der Waals surface area contributed by atoms with E-state index in [2.05, 4.69) is 0 Å². The van der Waals surface area contributed by atoms with Gasteiger partial charge in [0.05, 0.1) is 0 Å². The minimum Gasteiger partial charge on any atom is -0.508 e. The van der Waals surface area contributed by atoms with E-state index in [4.69, 9.17) is 16.7 Å². The van der Waals surface area contributed by atoms with Crippen LogP contribution < -0.4 is 0 Å². The van der Waals surface area contributed by atoms with Crippen LogP contribution in [0.5, 0.6) is 5.75 Å². The minimum atomic E-state index is -0.0394. The molecule has 0 saturated carbocycles. The first-order valence-electron chi connectivity index (χ1n) is 5.33. The maximum atomic E-state index is 12.0. The summed E-state index contributed by atoms with van der Waals surface area (Å²) in [4.78, 5) is 13.7. The van der Waals surface area contributed by atoms with E-state index in [0.29, 0.717) is 24.5 Å². The molecule has 0 aliphatic rings. The Morgan fingerprint density at radius 1 is 1.31 bits per heavy atom. The van der Waals surface area contributed by atoms with Crippen LogP contribution in [0, 0.1) is 0 Å². The molecule has 16 heavy (non-hydrogen) atoms. The molecule has 1 rings (SSSR count). The van der Waals surface area contributed by atoms with E-state index in [1.165, 1.54) is 12.1 Å². The van der Waals surface area contributed by atoms with Gasteiger partial charge in [0, 0.05) is 24.5 Å². The molecule has 88 valence electrons. The summed E-state index contributed by atoms with van der Waals surface area (Å²) in [6, 6.07) is 6.26. The third-order valence-corrected chi connectivity index (χ3v) is 2.42. The number of amides is 1. The zero-order valence-electron chi connectivity index (χ0n) is 9.32. The third-order valence-electron chi connectivity index (χ3n) is 2.25. The van der Waals surface area contributed by atoms with Crippen LogP contribution in [-0.2, 0) is 0 Å². The third kappa shape index (κ3) is 3.42. The fraction of sp³-hybridized carbons (Fsp3) is 0.417. The van der Waals surface area contributed by atoms with Gasteiger partial charge in [-0.1, -0.05) is 6.92 Å². The van der Waals surface area contributed by atoms with Crippen LogP contribution >= 0.6 is 11.6 Å². The first kappa shape index (κ1) is 12.8. The number of halogens is 1. The summed E-state index contributed by atoms with van der Waals surface area (Å²) in [6.07, 6.45) is 0.903. The van der Waals surface area contributed by atoms with E-state index in [9.17, 15) is 4.79 Å². The molecule has 0 heterocycles. The van der Waals surface area contributed by atoms with E-state index in [-0.39, 0.29) is 11.7 Å². The number of carbonyl (C=O) groups excluding carboxylic acids is 1. The first-order chi connectivity index (χ1) is 7.69. The molecule has 1 aromatic rings. The van der Waals surface area contributed by atoms with Gasteiger partial charge in [-0.3, -0.25) is 4.79 Å². The second-order valence-corrected chi connectivity index (χ2v) is 3.91. The highest BCUT2D eigenvalue weighted by atomic mass is 35.5. The minimum absolute atomic E-state index is 0.0394. The number of nitrogens with zero attached hydrogens (tertiary/aromatic N) is 1. The molecule has 0 aliphatic carbocycles. The molecule has 0 aromatic heterocycles. The average molecular weight is 242 g/mol. The Bertz CT molecular complexity index is 331. The average Bonchev–Trinajstić information content (AvgIpc) is 2.29. The van der Waals surface area contributed by atoms with Crippen LogP contribution in [0.2, 0.25) is 0 Å². The lowest BCUT2D eigenvalue weighted by Gasteiger charge is -2.20. The number of hydrogen-bond acceptors (Lipinski definition) is 2. The number of phenolic OH excluding ortho intramolecular Hbond substituents is 1. The molecular formula is C12H16ClNO2. The van der Waals surface area contributed by atoms with Crippen LogP contribution in [0.25, 0.3) is 0 Å². The molecule has 1 aromatic carbocycles. The summed E-state index contributed by atoms with van der Waals surface area (Å²) in [6.45, 7) is 3.27. The van der Waals surface area contributed by atoms with E-state index >= 15 is 0 Å². The Labute approximate surface area is 101 Å². The molecule has 4 heteroatoms. The van der Waals surface area contributed by atoms with Gasteiger partial charge in [-0.15, -0.1) is 11.6 Å². The molecule has 0 unspecified atom stereocenters. The number of rotatable bonds is 5. The monoisotopic (exact) mass is 241 g/mol. The van der Waals surface area contributed by atoms with Crippen molar-refractivity contribution in [3.63, 3.8) is 0 Å². The molecule has 1 N–H and O–H groups in total. The molecule has 0 saturated heterocycles. The topological polar surface area (TPSA) is 40.5 Å². The van der Waals surface area contributed by atoms with Crippen molar-refractivity contribution in [2.24, 2.45) is 0 Å². The standard InChI is InChI=1S/C12H16ClNO2/c1-2-8-14(9-7-13)12(16)10-3-5-11(15)6-4-10/h3-6,15H,2,7-9H2,1H3. The SMILES string of the molecule is CCCN(CCCl)C(=O)c1ccc(O)cc1. The number of alkyl halides is 1. The Kier molecular flexibility index (Phi) is 5.12. The normalized spacial score (nSPS) is 10.1. The Hall–Kier alpha value is -1.22. The Morgan fingerprint density at radius 3 is 2.44 bits per heavy atom. The van der Waals surface area contributed by atoms with Crippen molar-refractivity contribution >= 4 is 17.5 Å². The van der Waals surface area contributed by atoms with Crippen molar-refractivity contribution in [1.82, 2.24) is 4.90 Å². The summed E-state index contributed by atoms with van der Waals surface area (Å²) in [7, 11) is 0. The fourth-order valence-corrected chi connectivity index (χ4v) is 1.68. The number of benzene rings is 1. The Balaban J connectivity index is 2.77. The highest BCUT2D eigenvalue weighted by molar-refractivity contribution is 6.18. The van der Waals surface area contributed by atoms with E-state index in [1.807, 2.05) is 6.92 Å². The van der Waals surface area contributed by atoms with Crippen LogP contribution in [0.4, 0.5) is 0 Å². The van der Waals surface area contributed by atoms with E-state index in [0.717, 1.165) is 6.42 Å². The molecule has 1 amide bonds. The maximum Gasteiger partial charge on any atom is 0.253 e. The van der Waals surface area contributed by atoms with E-state index < -0.39 is 0 Å². The van der Waals surface area contributed by atoms with Crippen molar-refractivity contribution in [2.75, 3.05) is 19.0 Å². The van der Waals surface area contributed by atoms with Gasteiger partial charge in [0.15, 0.2) is 0 Å². The number of phenols is 1. The smallest absolute Gasteiger partial charge is 0.253 e. The van der Waals surface area contributed by atoms with E-state index in [1.54, 1.807) is 17.0 Å². The molecule has 0 bridgehead atoms. The second kappa shape index (κ2) is 6.38. The van der Waals surface area contributed by atoms with Gasteiger partial charge in [0.25, 0.3) is 5.91 Å². The predicted octanol–water partition coefficient (Wildman–Crippen LogP) is 2.48. The largest absolute Gasteiger partial charge is 0.508 e. The number of hydrogen-bond donors (Lipinski definition) is 1. The summed E-state index contributed by atoms with van der Waals surface area (Å²) >= 11 is 5.65. The molecular weight excluding hydrogens is 226 g/mol. The van der Waals surface area contributed by atoms with Gasteiger partial charge in [-0.2, -0.15) is 0 Å². The van der Waals surface area contributed by atoms with Crippen molar-refractivity contribution in [2.45, 2.75) is 13.3 Å². The van der Waals surface area contributed by atoms with Gasteiger partial charge in [0.1, 0.15) is 5.75 Å². The zero-order chi connectivity index (χ0) is 12.0. The second-order valence-electron chi connectivity index (χ2n) is 3.53. The maximum absolute atomic E-state index is 12.0. The van der Waals surface area contributed by atoms with Crippen LogP contribution in [0.15, 0.2) is 24.3 Å². The summed E-state index contributed by atoms with van der Waals surface area (Å²) in [5.41, 5.74) is 0.580. The van der Waals surface area contributed by atoms with Crippen molar-refractivity contribution in [3.8, 4) is 5.75 Å². The predicted molar refractivity (Wildman–Crippen MR) is 65.0 cm³/mol. The van der Waals surface area contributed by atoms with Gasteiger partial charge in [-0.25, -0.2) is 0 Å². The van der Waals surface area contributed by atoms with Crippen LogP contribution in [0.1, 0.15) is 23.7 Å². The molecule has 0 aliphatic heterocycles. The molecule has 0 atom stereocenters. The number of aromatic hydroxyl groups is 1. The molecule has 0 fully saturated rings. The molecule has 0 radical (unpaired) electrons. The lowest BCUT2D eigenvalue weighted by Crippen LogP contribution is -2.33. The summed E-state index contributed by atoms with van der Waals surface area (Å²) in [5, 5.41) is 9.14. The lowest BCUT2D eigenvalue weighted by atomic mass is 10.2. The zero-order valence-corrected chi connectivity index (χ0v) is 10.1. The summed E-state index contributed by atoms with van der Waals surface area (Å²) in [5.74, 6) is 0.558. The van der Waals surface area contributed by atoms with Gasteiger partial charge in [-0.05, 0) is 30.7 Å². The van der Waals surface area contributed by atoms with Gasteiger partial charge in [0.2, 0.25) is 0 Å². The number of carbonyl (C=O) groups is 1. The van der Waals surface area contributed by atoms with Crippen molar-refractivity contribution in [1.29, 1.82) is 0 Å². The molecule has 3 nitrogen and oxygen atoms in total. The lowest BCUT2D eigenvalue weighted by molar-refractivity contribution is 0.0765. The highest BCUT2D eigenvalue weighted by Gasteiger charge is 2.13. The fourth-order valence-electron chi connectivity index (χ4n) is 1.47. The van der Waals surface area contributed by atoms with Crippen LogP contribution in [-0.4, -0.2) is 34.9 Å². The van der Waals surface area contributed by atoms with Gasteiger partial charge < -0.3 is 10.0 Å². The Morgan fingerprint density at radius 2 is 1.94 bits per heavy atom. The van der Waals surface area contributed by atoms with Crippen molar-refractivity contribution in [3.05, 3.63) is 29.8 Å². The molecule has 0 spiro atoms. The highest BCUT2D eigenvalue weighted by Crippen LogP contribution is 2.12. The summed E-state index contributed by atoms with van der Waals surface area (Å²) < 4.78 is 0. The van der Waals surface area contributed by atoms with Crippen molar-refractivity contribution < 1.29 is 9.90 Å². The van der Waals surface area contributed by atoms with Gasteiger partial charge >= 0.3 is 0 Å². The van der Waals surface area contributed by atoms with Crippen LogP contribution in [0.3, 0.4) is 0 Å². The first-order valence-corrected chi connectivity index (χ1v) is 5.86.